The predicted molar refractivity (Wildman–Crippen MR) is 121 cm³/mol. The molecule has 8 nitrogen and oxygen atoms in total. The number of carboxylic acids is 1. The van der Waals surface area contributed by atoms with Crippen molar-refractivity contribution in [3.8, 4) is 21.9 Å². The number of amides is 2. The maximum absolute atomic E-state index is 12.3. The molecule has 34 heavy (non-hydrogen) atoms. The highest BCUT2D eigenvalue weighted by molar-refractivity contribution is 7.14. The molecule has 0 saturated heterocycles. The summed E-state index contributed by atoms with van der Waals surface area (Å²) in [6, 6.07) is 8.12. The molecule has 13 heteroatoms. The quantitative estimate of drug-likeness (QED) is 0.241. The number of rotatable bonds is 6. The average Bonchev–Trinajstić information content (AvgIpc) is 3.12. The van der Waals surface area contributed by atoms with Crippen molar-refractivity contribution >= 4 is 46.3 Å². The van der Waals surface area contributed by atoms with Crippen molar-refractivity contribution in [3.05, 3.63) is 64.0 Å². The molecular formula is C21H15ClF3N3O5S. The Hall–Kier alpha value is -3.77. The number of nitrogens with one attached hydrogen (secondary N) is 2. The highest BCUT2D eigenvalue weighted by Gasteiger charge is 2.31. The fourth-order valence-electron chi connectivity index (χ4n) is 2.74. The Labute approximate surface area is 199 Å². The molecule has 0 unspecified atom stereocenters. The molecule has 1 aromatic heterocycles. The van der Waals surface area contributed by atoms with Crippen molar-refractivity contribution in [2.24, 2.45) is 5.10 Å². The van der Waals surface area contributed by atoms with Gasteiger partial charge in [-0.3, -0.25) is 0 Å². The second-order valence-electron chi connectivity index (χ2n) is 6.66. The van der Waals surface area contributed by atoms with Gasteiger partial charge in [0.05, 0.1) is 26.7 Å². The largest absolute Gasteiger partial charge is 0.573 e. The third-order valence-corrected chi connectivity index (χ3v) is 5.62. The van der Waals surface area contributed by atoms with Gasteiger partial charge in [0, 0.05) is 11.1 Å². The van der Waals surface area contributed by atoms with Crippen LogP contribution >= 0.6 is 22.9 Å². The zero-order valence-corrected chi connectivity index (χ0v) is 18.7. The number of hydrogen-bond donors (Lipinski definition) is 4. The number of carbonyl (C=O) groups excluding carboxylic acids is 1. The van der Waals surface area contributed by atoms with Gasteiger partial charge < -0.3 is 20.3 Å². The molecule has 2 aromatic carbocycles. The van der Waals surface area contributed by atoms with Gasteiger partial charge >= 0.3 is 18.4 Å². The summed E-state index contributed by atoms with van der Waals surface area (Å²) in [5.41, 5.74) is 3.39. The Bertz CT molecular complexity index is 1260. The number of benzene rings is 2. The Kier molecular flexibility index (Phi) is 7.32. The number of hydrazone groups is 1. The van der Waals surface area contributed by atoms with Crippen LogP contribution in [0.1, 0.15) is 22.8 Å². The van der Waals surface area contributed by atoms with Crippen LogP contribution in [0.4, 0.5) is 23.7 Å². The lowest BCUT2D eigenvalue weighted by Gasteiger charge is -2.09. The third-order valence-electron chi connectivity index (χ3n) is 4.29. The third kappa shape index (κ3) is 6.17. The first-order chi connectivity index (χ1) is 15.9. The molecule has 3 aromatic rings. The number of nitrogens with zero attached hydrogens (tertiary/aromatic N) is 1. The first-order valence-corrected chi connectivity index (χ1v) is 10.5. The van der Waals surface area contributed by atoms with E-state index in [0.29, 0.717) is 16.0 Å². The van der Waals surface area contributed by atoms with Crippen LogP contribution in [0, 0.1) is 0 Å². The van der Waals surface area contributed by atoms with E-state index in [2.05, 4.69) is 20.6 Å². The highest BCUT2D eigenvalue weighted by atomic mass is 35.5. The zero-order valence-electron chi connectivity index (χ0n) is 17.1. The minimum Gasteiger partial charge on any atom is -0.506 e. The number of hydrogen-bond acceptors (Lipinski definition) is 6. The molecule has 178 valence electrons. The van der Waals surface area contributed by atoms with E-state index in [1.54, 1.807) is 5.38 Å². The normalized spacial score (nSPS) is 11.7. The van der Waals surface area contributed by atoms with Crippen LogP contribution in [0.2, 0.25) is 5.02 Å². The average molecular weight is 514 g/mol. The number of ether oxygens (including phenoxy) is 1. The van der Waals surface area contributed by atoms with Gasteiger partial charge in [-0.05, 0) is 55.0 Å². The van der Waals surface area contributed by atoms with E-state index in [1.807, 2.05) is 0 Å². The minimum atomic E-state index is -4.80. The Morgan fingerprint density at radius 1 is 1.12 bits per heavy atom. The lowest BCUT2D eigenvalue weighted by atomic mass is 10.1. The smallest absolute Gasteiger partial charge is 0.506 e. The van der Waals surface area contributed by atoms with Crippen LogP contribution in [-0.4, -0.2) is 34.3 Å². The van der Waals surface area contributed by atoms with E-state index in [1.165, 1.54) is 37.3 Å². The summed E-state index contributed by atoms with van der Waals surface area (Å²) in [6.07, 6.45) is -4.80. The molecule has 0 bridgehead atoms. The number of aromatic carboxylic acids is 1. The Balaban J connectivity index is 1.68. The van der Waals surface area contributed by atoms with Crippen LogP contribution < -0.4 is 15.5 Å². The summed E-state index contributed by atoms with van der Waals surface area (Å²) in [4.78, 5) is 23.5. The van der Waals surface area contributed by atoms with E-state index in [4.69, 9.17) is 16.7 Å². The molecule has 0 saturated carbocycles. The Morgan fingerprint density at radius 2 is 1.79 bits per heavy atom. The van der Waals surface area contributed by atoms with Crippen molar-refractivity contribution in [2.45, 2.75) is 13.3 Å². The standard InChI is InChI=1S/C21H15ClF3N3O5S/c1-10(27-28-20(32)26-12-4-7-14(19(30)31)16(22)8-12)15-9-34-18(17(15)29)11-2-5-13(6-3-11)33-21(23,24)25/h2-9,29H,1H3,(H,30,31)(H2,26,28,32). The van der Waals surface area contributed by atoms with Gasteiger partial charge in [-0.25, -0.2) is 15.0 Å². The number of urea groups is 1. The van der Waals surface area contributed by atoms with Gasteiger partial charge in [0.15, 0.2) is 0 Å². The molecule has 0 spiro atoms. The van der Waals surface area contributed by atoms with Gasteiger partial charge in [0.1, 0.15) is 11.5 Å². The monoisotopic (exact) mass is 513 g/mol. The second kappa shape index (κ2) is 10.0. The summed E-state index contributed by atoms with van der Waals surface area (Å²) in [5, 5.41) is 27.4. The summed E-state index contributed by atoms with van der Waals surface area (Å²) >= 11 is 6.99. The molecule has 0 radical (unpaired) electrons. The summed E-state index contributed by atoms with van der Waals surface area (Å²) in [7, 11) is 0. The first-order valence-electron chi connectivity index (χ1n) is 9.25. The molecule has 2 amide bonds. The molecule has 3 rings (SSSR count). The van der Waals surface area contributed by atoms with Crippen molar-refractivity contribution in [1.29, 1.82) is 0 Å². The van der Waals surface area contributed by atoms with Gasteiger partial charge in [0.2, 0.25) is 0 Å². The summed E-state index contributed by atoms with van der Waals surface area (Å²) in [6.45, 7) is 1.53. The van der Waals surface area contributed by atoms with Crippen LogP contribution in [-0.2, 0) is 0 Å². The van der Waals surface area contributed by atoms with Crippen LogP contribution in [0.5, 0.6) is 11.5 Å². The lowest BCUT2D eigenvalue weighted by Crippen LogP contribution is -2.25. The molecule has 4 N–H and O–H groups in total. The Morgan fingerprint density at radius 3 is 2.38 bits per heavy atom. The second-order valence-corrected chi connectivity index (χ2v) is 7.95. The van der Waals surface area contributed by atoms with Crippen molar-refractivity contribution in [3.63, 3.8) is 0 Å². The first kappa shape index (κ1) is 24.9. The van der Waals surface area contributed by atoms with E-state index < -0.39 is 18.4 Å². The summed E-state index contributed by atoms with van der Waals surface area (Å²) < 4.78 is 40.7. The fourth-order valence-corrected chi connectivity index (χ4v) is 4.01. The number of anilines is 1. The van der Waals surface area contributed by atoms with Crippen molar-refractivity contribution < 1.29 is 37.7 Å². The summed E-state index contributed by atoms with van der Waals surface area (Å²) in [5.74, 6) is -1.75. The van der Waals surface area contributed by atoms with Gasteiger partial charge in [-0.15, -0.1) is 24.5 Å². The molecule has 0 aliphatic carbocycles. The maximum Gasteiger partial charge on any atom is 0.573 e. The topological polar surface area (TPSA) is 120 Å². The maximum atomic E-state index is 12.3. The number of carbonyl (C=O) groups is 2. The van der Waals surface area contributed by atoms with Crippen molar-refractivity contribution in [1.82, 2.24) is 5.43 Å². The molecule has 1 heterocycles. The predicted octanol–water partition coefficient (Wildman–Crippen LogP) is 5.92. The van der Waals surface area contributed by atoms with Crippen LogP contribution in [0.25, 0.3) is 10.4 Å². The zero-order chi connectivity index (χ0) is 25.0. The van der Waals surface area contributed by atoms with E-state index in [-0.39, 0.29) is 33.5 Å². The molecular weight excluding hydrogens is 499 g/mol. The molecule has 0 atom stereocenters. The number of carboxylic acid groups (broad SMARTS) is 1. The molecule has 0 aliphatic heterocycles. The fraction of sp³-hybridized carbons (Fsp3) is 0.0952. The number of halogens is 4. The SMILES string of the molecule is CC(=NNC(=O)Nc1ccc(C(=O)O)c(Cl)c1)c1csc(-c2ccc(OC(F)(F)F)cc2)c1O. The highest BCUT2D eigenvalue weighted by Crippen LogP contribution is 2.39. The number of aromatic hydroxyl groups is 1. The van der Waals surface area contributed by atoms with E-state index in [0.717, 1.165) is 23.5 Å². The van der Waals surface area contributed by atoms with E-state index in [9.17, 15) is 27.9 Å². The van der Waals surface area contributed by atoms with Crippen molar-refractivity contribution in [2.75, 3.05) is 5.32 Å². The van der Waals surface area contributed by atoms with E-state index >= 15 is 0 Å². The molecule has 0 aliphatic rings. The number of thiophene rings is 1. The van der Waals surface area contributed by atoms with Gasteiger partial charge in [-0.1, -0.05) is 11.6 Å². The van der Waals surface area contributed by atoms with Gasteiger partial charge in [0.25, 0.3) is 0 Å². The number of alkyl halides is 3. The van der Waals surface area contributed by atoms with Gasteiger partial charge in [-0.2, -0.15) is 5.10 Å². The lowest BCUT2D eigenvalue weighted by molar-refractivity contribution is -0.274. The van der Waals surface area contributed by atoms with Crippen LogP contribution in [0.15, 0.2) is 52.9 Å². The molecule has 0 fully saturated rings. The van der Waals surface area contributed by atoms with Crippen LogP contribution in [0.3, 0.4) is 0 Å². The minimum absolute atomic E-state index is 0.0568.